The van der Waals surface area contributed by atoms with Gasteiger partial charge in [0.15, 0.2) is 5.96 Å². The van der Waals surface area contributed by atoms with E-state index >= 15 is 0 Å². The van der Waals surface area contributed by atoms with E-state index in [4.69, 9.17) is 4.74 Å². The normalized spacial score (nSPS) is 11.8. The van der Waals surface area contributed by atoms with E-state index in [-0.39, 0.29) is 5.75 Å². The highest BCUT2D eigenvalue weighted by molar-refractivity contribution is 7.90. The maximum absolute atomic E-state index is 11.1. The summed E-state index contributed by atoms with van der Waals surface area (Å²) in [4.78, 5) is 4.12. The van der Waals surface area contributed by atoms with Crippen molar-refractivity contribution in [2.24, 2.45) is 4.99 Å². The van der Waals surface area contributed by atoms with Gasteiger partial charge >= 0.3 is 0 Å². The van der Waals surface area contributed by atoms with Crippen LogP contribution >= 0.6 is 0 Å². The Morgan fingerprint density at radius 3 is 2.74 bits per heavy atom. The fraction of sp³-hybridized carbons (Fsp3) is 0.438. The molecule has 1 aromatic rings. The number of hydrogen-bond donors (Lipinski definition) is 2. The molecule has 0 aliphatic carbocycles. The molecular weight excluding hydrogens is 314 g/mol. The van der Waals surface area contributed by atoms with Gasteiger partial charge in [-0.05, 0) is 12.5 Å². The molecule has 0 heterocycles. The van der Waals surface area contributed by atoms with Crippen molar-refractivity contribution < 1.29 is 13.2 Å². The number of nitrogens with zero attached hydrogens (tertiary/aromatic N) is 1. The lowest BCUT2D eigenvalue weighted by Crippen LogP contribution is -2.37. The monoisotopic (exact) mass is 339 g/mol. The van der Waals surface area contributed by atoms with Crippen LogP contribution in [0, 0.1) is 0 Å². The number of ether oxygens (including phenoxy) is 1. The molecule has 0 atom stereocenters. The first-order valence-corrected chi connectivity index (χ1v) is 9.46. The van der Waals surface area contributed by atoms with E-state index in [1.807, 2.05) is 24.3 Å². The second kappa shape index (κ2) is 9.89. The molecule has 1 aromatic carbocycles. The number of guanidine groups is 1. The minimum Gasteiger partial charge on any atom is -0.489 e. The molecule has 0 aromatic heterocycles. The second-order valence-corrected chi connectivity index (χ2v) is 7.30. The molecule has 6 nitrogen and oxygen atoms in total. The SMILES string of the molecule is C=CCOc1ccccc1CNC(=NC)NCCCS(C)(=O)=O. The Bertz CT molecular complexity index is 627. The summed E-state index contributed by atoms with van der Waals surface area (Å²) in [6.07, 6.45) is 3.48. The Hall–Kier alpha value is -2.02. The van der Waals surface area contributed by atoms with Crippen molar-refractivity contribution in [1.29, 1.82) is 0 Å². The fourth-order valence-corrected chi connectivity index (χ4v) is 2.55. The summed E-state index contributed by atoms with van der Waals surface area (Å²) in [6.45, 7) is 5.19. The quantitative estimate of drug-likeness (QED) is 0.307. The highest BCUT2D eigenvalue weighted by atomic mass is 32.2. The zero-order chi connectivity index (χ0) is 17.1. The van der Waals surface area contributed by atoms with Crippen LogP contribution in [0.25, 0.3) is 0 Å². The van der Waals surface area contributed by atoms with Gasteiger partial charge in [0, 0.05) is 32.0 Å². The van der Waals surface area contributed by atoms with E-state index in [1.165, 1.54) is 6.26 Å². The van der Waals surface area contributed by atoms with Gasteiger partial charge in [-0.2, -0.15) is 0 Å². The van der Waals surface area contributed by atoms with Crippen molar-refractivity contribution in [3.05, 3.63) is 42.5 Å². The van der Waals surface area contributed by atoms with Crippen molar-refractivity contribution in [1.82, 2.24) is 10.6 Å². The first-order valence-electron chi connectivity index (χ1n) is 7.40. The van der Waals surface area contributed by atoms with E-state index < -0.39 is 9.84 Å². The van der Waals surface area contributed by atoms with Crippen molar-refractivity contribution in [2.45, 2.75) is 13.0 Å². The van der Waals surface area contributed by atoms with Gasteiger partial charge in [0.1, 0.15) is 22.2 Å². The van der Waals surface area contributed by atoms with E-state index in [9.17, 15) is 8.42 Å². The van der Waals surface area contributed by atoms with Gasteiger partial charge in [0.05, 0.1) is 5.75 Å². The predicted molar refractivity (Wildman–Crippen MR) is 94.7 cm³/mol. The van der Waals surface area contributed by atoms with Crippen LogP contribution in [-0.4, -0.2) is 46.6 Å². The maximum Gasteiger partial charge on any atom is 0.191 e. The van der Waals surface area contributed by atoms with E-state index in [0.29, 0.717) is 32.1 Å². The molecule has 23 heavy (non-hydrogen) atoms. The number of sulfone groups is 1. The Morgan fingerprint density at radius 2 is 2.09 bits per heavy atom. The summed E-state index contributed by atoms with van der Waals surface area (Å²) in [6, 6.07) is 7.74. The smallest absolute Gasteiger partial charge is 0.191 e. The Balaban J connectivity index is 2.47. The maximum atomic E-state index is 11.1. The number of nitrogens with one attached hydrogen (secondary N) is 2. The molecule has 0 saturated carbocycles. The topological polar surface area (TPSA) is 79.8 Å². The molecule has 2 N–H and O–H groups in total. The number of benzene rings is 1. The largest absolute Gasteiger partial charge is 0.489 e. The summed E-state index contributed by atoms with van der Waals surface area (Å²) >= 11 is 0. The molecule has 0 spiro atoms. The second-order valence-electron chi connectivity index (χ2n) is 5.04. The van der Waals surface area contributed by atoms with Gasteiger partial charge in [-0.25, -0.2) is 8.42 Å². The van der Waals surface area contributed by atoms with Crippen LogP contribution in [0.4, 0.5) is 0 Å². The lowest BCUT2D eigenvalue weighted by molar-refractivity contribution is 0.358. The van der Waals surface area contributed by atoms with Gasteiger partial charge in [0.25, 0.3) is 0 Å². The van der Waals surface area contributed by atoms with Gasteiger partial charge in [-0.3, -0.25) is 4.99 Å². The zero-order valence-corrected chi connectivity index (χ0v) is 14.5. The third-order valence-electron chi connectivity index (χ3n) is 2.98. The van der Waals surface area contributed by atoms with Crippen molar-refractivity contribution in [2.75, 3.05) is 32.2 Å². The van der Waals surface area contributed by atoms with Crippen molar-refractivity contribution >= 4 is 15.8 Å². The molecule has 0 aliphatic rings. The van der Waals surface area contributed by atoms with Gasteiger partial charge in [-0.15, -0.1) is 0 Å². The lowest BCUT2D eigenvalue weighted by Gasteiger charge is -2.14. The summed E-state index contributed by atoms with van der Waals surface area (Å²) in [7, 11) is -1.25. The average molecular weight is 339 g/mol. The number of hydrogen-bond acceptors (Lipinski definition) is 4. The molecule has 0 saturated heterocycles. The molecule has 0 unspecified atom stereocenters. The predicted octanol–water partition coefficient (Wildman–Crippen LogP) is 1.35. The van der Waals surface area contributed by atoms with Gasteiger partial charge in [0.2, 0.25) is 0 Å². The molecule has 1 rings (SSSR count). The third-order valence-corrected chi connectivity index (χ3v) is 4.01. The molecule has 0 fully saturated rings. The fourth-order valence-electron chi connectivity index (χ4n) is 1.88. The van der Waals surface area contributed by atoms with Crippen LogP contribution in [0.3, 0.4) is 0 Å². The zero-order valence-electron chi connectivity index (χ0n) is 13.7. The van der Waals surface area contributed by atoms with Crippen molar-refractivity contribution in [3.63, 3.8) is 0 Å². The molecular formula is C16H25N3O3S. The lowest BCUT2D eigenvalue weighted by atomic mass is 10.2. The number of aliphatic imine (C=N–C) groups is 1. The van der Waals surface area contributed by atoms with Gasteiger partial charge < -0.3 is 15.4 Å². The average Bonchev–Trinajstić information content (AvgIpc) is 2.52. The van der Waals surface area contributed by atoms with E-state index in [2.05, 4.69) is 22.2 Å². The molecule has 0 aliphatic heterocycles. The molecule has 0 bridgehead atoms. The summed E-state index contributed by atoms with van der Waals surface area (Å²) in [5.41, 5.74) is 1.01. The molecule has 128 valence electrons. The summed E-state index contributed by atoms with van der Waals surface area (Å²) < 4.78 is 27.8. The van der Waals surface area contributed by atoms with Crippen molar-refractivity contribution in [3.8, 4) is 5.75 Å². The molecule has 7 heteroatoms. The highest BCUT2D eigenvalue weighted by Crippen LogP contribution is 2.17. The first-order chi connectivity index (χ1) is 11.0. The van der Waals surface area contributed by atoms with Crippen LogP contribution in [0.1, 0.15) is 12.0 Å². The van der Waals surface area contributed by atoms with E-state index in [1.54, 1.807) is 13.1 Å². The number of rotatable bonds is 9. The Kier molecular flexibility index (Phi) is 8.18. The van der Waals surface area contributed by atoms with Gasteiger partial charge in [-0.1, -0.05) is 30.9 Å². The first kappa shape index (κ1) is 19.0. The number of para-hydroxylation sites is 1. The Morgan fingerprint density at radius 1 is 1.35 bits per heavy atom. The highest BCUT2D eigenvalue weighted by Gasteiger charge is 2.05. The standard InChI is InChI=1S/C16H25N3O3S/c1-4-11-22-15-9-6-5-8-14(15)13-19-16(17-2)18-10-7-12-23(3,20)21/h4-6,8-9H,1,7,10-13H2,2-3H3,(H2,17,18,19). The van der Waals surface area contributed by atoms with Crippen LogP contribution in [0.15, 0.2) is 41.9 Å². The summed E-state index contributed by atoms with van der Waals surface area (Å²) in [5.74, 6) is 1.58. The van der Waals surface area contributed by atoms with E-state index in [0.717, 1.165) is 11.3 Å². The summed E-state index contributed by atoms with van der Waals surface area (Å²) in [5, 5.41) is 6.28. The van der Waals surface area contributed by atoms with Crippen LogP contribution in [0.5, 0.6) is 5.75 Å². The minimum absolute atomic E-state index is 0.162. The third kappa shape index (κ3) is 8.25. The molecule has 0 amide bonds. The Labute approximate surface area is 138 Å². The van der Waals surface area contributed by atoms with Crippen LogP contribution < -0.4 is 15.4 Å². The molecule has 0 radical (unpaired) electrons. The minimum atomic E-state index is -2.92. The van der Waals surface area contributed by atoms with Crippen LogP contribution in [-0.2, 0) is 16.4 Å². The van der Waals surface area contributed by atoms with Crippen LogP contribution in [0.2, 0.25) is 0 Å².